The number of nitrogens with one attached hydrogen (secondary N) is 1. The van der Waals surface area contributed by atoms with Crippen molar-refractivity contribution in [1.82, 2.24) is 15.0 Å². The number of halogens is 3. The highest BCUT2D eigenvalue weighted by Gasteiger charge is 2.26. The number of H-pyrrole nitrogens is 1. The first-order valence-electron chi connectivity index (χ1n) is 6.22. The fourth-order valence-corrected chi connectivity index (χ4v) is 2.42. The molecule has 0 bridgehead atoms. The summed E-state index contributed by atoms with van der Waals surface area (Å²) in [7, 11) is 0. The first kappa shape index (κ1) is 15.0. The number of carbonyl (C=O) groups excluding carboxylic acids is 2. The number of ketones is 1. The maximum atomic E-state index is 14.3. The van der Waals surface area contributed by atoms with Crippen LogP contribution in [0.2, 0.25) is 5.15 Å². The average molecular weight is 337 g/mol. The van der Waals surface area contributed by atoms with E-state index in [2.05, 4.69) is 15.0 Å². The summed E-state index contributed by atoms with van der Waals surface area (Å²) in [5.41, 5.74) is 3.64. The van der Waals surface area contributed by atoms with Gasteiger partial charge in [-0.2, -0.15) is 0 Å². The van der Waals surface area contributed by atoms with Crippen LogP contribution in [0.5, 0.6) is 0 Å². The van der Waals surface area contributed by atoms with E-state index in [1.807, 2.05) is 0 Å². The van der Waals surface area contributed by atoms with E-state index in [0.29, 0.717) is 0 Å². The van der Waals surface area contributed by atoms with Gasteiger partial charge in [-0.25, -0.2) is 18.7 Å². The van der Waals surface area contributed by atoms with Gasteiger partial charge in [0, 0.05) is 6.20 Å². The fourth-order valence-electron chi connectivity index (χ4n) is 2.19. The number of fused-ring (bicyclic) bond motifs is 1. The van der Waals surface area contributed by atoms with Crippen molar-refractivity contribution >= 4 is 34.3 Å². The van der Waals surface area contributed by atoms with E-state index in [-0.39, 0.29) is 21.7 Å². The second-order valence-electron chi connectivity index (χ2n) is 4.57. The molecule has 1 aromatic carbocycles. The van der Waals surface area contributed by atoms with E-state index in [9.17, 15) is 18.4 Å². The number of benzene rings is 1. The number of amides is 1. The molecule has 2 heterocycles. The summed E-state index contributed by atoms with van der Waals surface area (Å²) in [6, 6.07) is 1.67. The first-order chi connectivity index (χ1) is 10.9. The topological polar surface area (TPSA) is 102 Å². The molecule has 0 fully saturated rings. The molecular weight excluding hydrogens is 330 g/mol. The summed E-state index contributed by atoms with van der Waals surface area (Å²) >= 11 is 5.91. The number of aromatic nitrogens is 3. The highest BCUT2D eigenvalue weighted by molar-refractivity contribution is 6.36. The van der Waals surface area contributed by atoms with Gasteiger partial charge in [0.2, 0.25) is 5.78 Å². The summed E-state index contributed by atoms with van der Waals surface area (Å²) in [5.74, 6) is -4.58. The van der Waals surface area contributed by atoms with Gasteiger partial charge in [0.1, 0.15) is 28.8 Å². The molecule has 0 atom stereocenters. The highest BCUT2D eigenvalue weighted by atomic mass is 35.5. The summed E-state index contributed by atoms with van der Waals surface area (Å²) in [6.07, 6.45) is 2.38. The van der Waals surface area contributed by atoms with Crippen LogP contribution in [0, 0.1) is 11.6 Å². The third kappa shape index (κ3) is 2.33. The third-order valence-electron chi connectivity index (χ3n) is 3.25. The van der Waals surface area contributed by atoms with Gasteiger partial charge < -0.3 is 10.7 Å². The zero-order valence-corrected chi connectivity index (χ0v) is 12.0. The minimum Gasteiger partial charge on any atom is -0.366 e. The normalized spacial score (nSPS) is 10.9. The van der Waals surface area contributed by atoms with Crippen molar-refractivity contribution in [1.29, 1.82) is 0 Å². The molecule has 6 nitrogen and oxygen atoms in total. The molecule has 0 aliphatic carbocycles. The summed E-state index contributed by atoms with van der Waals surface area (Å²) in [4.78, 5) is 33.9. The molecule has 0 saturated heterocycles. The molecular formula is C14H7ClF2N4O2. The van der Waals surface area contributed by atoms with Crippen LogP contribution in [0.3, 0.4) is 0 Å². The lowest BCUT2D eigenvalue weighted by Gasteiger charge is -2.06. The van der Waals surface area contributed by atoms with Gasteiger partial charge >= 0.3 is 0 Å². The van der Waals surface area contributed by atoms with Gasteiger partial charge in [0.25, 0.3) is 5.91 Å². The Morgan fingerprint density at radius 3 is 2.61 bits per heavy atom. The van der Waals surface area contributed by atoms with E-state index >= 15 is 0 Å². The van der Waals surface area contributed by atoms with Crippen LogP contribution in [0.4, 0.5) is 8.78 Å². The molecule has 0 saturated carbocycles. The highest BCUT2D eigenvalue weighted by Crippen LogP contribution is 2.27. The van der Waals surface area contributed by atoms with Gasteiger partial charge in [-0.05, 0) is 12.1 Å². The Kier molecular flexibility index (Phi) is 3.53. The number of nitrogens with two attached hydrogens (primary N) is 1. The maximum absolute atomic E-state index is 14.3. The molecule has 0 unspecified atom stereocenters. The Morgan fingerprint density at radius 1 is 1.17 bits per heavy atom. The van der Waals surface area contributed by atoms with E-state index in [4.69, 9.17) is 17.3 Å². The largest absolute Gasteiger partial charge is 0.366 e. The van der Waals surface area contributed by atoms with Gasteiger partial charge in [-0.3, -0.25) is 9.59 Å². The second kappa shape index (κ2) is 5.40. The van der Waals surface area contributed by atoms with Gasteiger partial charge in [-0.1, -0.05) is 11.6 Å². The Morgan fingerprint density at radius 2 is 1.91 bits per heavy atom. The molecule has 3 rings (SSSR count). The zero-order valence-electron chi connectivity index (χ0n) is 11.2. The van der Waals surface area contributed by atoms with Crippen molar-refractivity contribution in [2.75, 3.05) is 0 Å². The van der Waals surface area contributed by atoms with Crippen LogP contribution in [-0.2, 0) is 0 Å². The lowest BCUT2D eigenvalue weighted by atomic mass is 10.00. The van der Waals surface area contributed by atoms with Crippen LogP contribution in [0.25, 0.3) is 11.0 Å². The predicted octanol–water partition coefficient (Wildman–Crippen LogP) is 2.22. The third-order valence-corrected chi connectivity index (χ3v) is 3.54. The summed E-state index contributed by atoms with van der Waals surface area (Å²) in [5, 5.41) is 0.0777. The Bertz CT molecular complexity index is 971. The lowest BCUT2D eigenvalue weighted by molar-refractivity contribution is 0.0996. The minimum atomic E-state index is -1.33. The second-order valence-corrected chi connectivity index (χ2v) is 4.93. The molecule has 3 N–H and O–H groups in total. The Hall–Kier alpha value is -2.87. The predicted molar refractivity (Wildman–Crippen MR) is 77.2 cm³/mol. The fraction of sp³-hybridized carbons (Fsp3) is 0. The average Bonchev–Trinajstić information content (AvgIpc) is 2.92. The SMILES string of the molecule is NC(=O)c1ccc(F)c(C(=O)c2c[nH]c3ncnc(Cl)c23)c1F. The van der Waals surface area contributed by atoms with Crippen LogP contribution in [0.15, 0.2) is 24.7 Å². The Labute approximate surface area is 132 Å². The van der Waals surface area contributed by atoms with Crippen molar-refractivity contribution in [3.05, 3.63) is 58.1 Å². The van der Waals surface area contributed by atoms with Crippen molar-refractivity contribution in [3.63, 3.8) is 0 Å². The van der Waals surface area contributed by atoms with Crippen molar-refractivity contribution in [3.8, 4) is 0 Å². The van der Waals surface area contributed by atoms with E-state index in [0.717, 1.165) is 12.1 Å². The van der Waals surface area contributed by atoms with Crippen LogP contribution in [0.1, 0.15) is 26.3 Å². The van der Waals surface area contributed by atoms with Gasteiger partial charge in [-0.15, -0.1) is 0 Å². The molecule has 0 aliphatic heterocycles. The number of aromatic amines is 1. The molecule has 116 valence electrons. The minimum absolute atomic E-state index is 0.0496. The standard InChI is InChI=1S/C14H7ClF2N4O2/c15-12-8-6(3-19-14(8)21-4-20-12)11(22)9-7(16)2-1-5(10(9)17)13(18)23/h1-4H,(H2,18,23)(H,19,20,21). The number of carbonyl (C=O) groups is 2. The van der Waals surface area contributed by atoms with Crippen molar-refractivity contribution in [2.24, 2.45) is 5.73 Å². The van der Waals surface area contributed by atoms with Crippen LogP contribution in [-0.4, -0.2) is 26.6 Å². The van der Waals surface area contributed by atoms with Crippen LogP contribution >= 0.6 is 11.6 Å². The van der Waals surface area contributed by atoms with E-state index in [1.165, 1.54) is 12.5 Å². The summed E-state index contributed by atoms with van der Waals surface area (Å²) < 4.78 is 28.2. The quantitative estimate of drug-likeness (QED) is 0.565. The molecule has 0 aliphatic rings. The lowest BCUT2D eigenvalue weighted by Crippen LogP contribution is -2.17. The molecule has 2 aromatic heterocycles. The van der Waals surface area contributed by atoms with Gasteiger partial charge in [0.15, 0.2) is 0 Å². The number of hydrogen-bond donors (Lipinski definition) is 2. The smallest absolute Gasteiger partial charge is 0.251 e. The molecule has 23 heavy (non-hydrogen) atoms. The molecule has 0 spiro atoms. The van der Waals surface area contributed by atoms with Crippen molar-refractivity contribution in [2.45, 2.75) is 0 Å². The number of rotatable bonds is 3. The summed E-state index contributed by atoms with van der Waals surface area (Å²) in [6.45, 7) is 0. The monoisotopic (exact) mass is 336 g/mol. The molecule has 0 radical (unpaired) electrons. The Balaban J connectivity index is 2.25. The maximum Gasteiger partial charge on any atom is 0.251 e. The van der Waals surface area contributed by atoms with E-state index in [1.54, 1.807) is 0 Å². The molecule has 9 heteroatoms. The van der Waals surface area contributed by atoms with Crippen LogP contribution < -0.4 is 5.73 Å². The van der Waals surface area contributed by atoms with E-state index < -0.39 is 34.5 Å². The van der Waals surface area contributed by atoms with Gasteiger partial charge in [0.05, 0.1) is 22.1 Å². The first-order valence-corrected chi connectivity index (χ1v) is 6.59. The number of primary amides is 1. The number of nitrogens with zero attached hydrogens (tertiary/aromatic N) is 2. The molecule has 3 aromatic rings. The number of hydrogen-bond acceptors (Lipinski definition) is 4. The molecule has 1 amide bonds. The van der Waals surface area contributed by atoms with Crippen molar-refractivity contribution < 1.29 is 18.4 Å². The zero-order chi connectivity index (χ0) is 16.7.